The second-order valence-corrected chi connectivity index (χ2v) is 11.1. The number of fused-ring (bicyclic) bond motifs is 1. The summed E-state index contributed by atoms with van der Waals surface area (Å²) in [6.45, 7) is 4.62. The van der Waals surface area contributed by atoms with Crippen molar-refractivity contribution in [3.8, 4) is 5.75 Å². The van der Waals surface area contributed by atoms with Gasteiger partial charge in [-0.25, -0.2) is 8.42 Å². The smallest absolute Gasteiger partial charge is 0.257 e. The van der Waals surface area contributed by atoms with Gasteiger partial charge >= 0.3 is 0 Å². The van der Waals surface area contributed by atoms with E-state index in [4.69, 9.17) is 16.3 Å². The van der Waals surface area contributed by atoms with Crippen molar-refractivity contribution in [2.45, 2.75) is 50.0 Å². The van der Waals surface area contributed by atoms with Crippen LogP contribution in [0.5, 0.6) is 5.75 Å². The highest BCUT2D eigenvalue weighted by Crippen LogP contribution is 2.35. The fraction of sp³-hybridized carbons (Fsp3) is 0.391. The number of hydrogen-bond donors (Lipinski definition) is 1. The van der Waals surface area contributed by atoms with Gasteiger partial charge in [-0.3, -0.25) is 9.59 Å². The maximum absolute atomic E-state index is 13.0. The van der Waals surface area contributed by atoms with Crippen molar-refractivity contribution in [2.24, 2.45) is 0 Å². The van der Waals surface area contributed by atoms with E-state index < -0.39 is 21.5 Å². The zero-order valence-corrected chi connectivity index (χ0v) is 19.6. The van der Waals surface area contributed by atoms with Crippen LogP contribution in [-0.2, 0) is 10.0 Å². The summed E-state index contributed by atoms with van der Waals surface area (Å²) < 4.78 is 33.2. The molecule has 4 rings (SSSR count). The van der Waals surface area contributed by atoms with Gasteiger partial charge in [-0.15, -0.1) is 0 Å². The Morgan fingerprint density at radius 1 is 1.09 bits per heavy atom. The van der Waals surface area contributed by atoms with Crippen LogP contribution in [0.3, 0.4) is 0 Å². The van der Waals surface area contributed by atoms with Crippen molar-refractivity contribution in [3.05, 3.63) is 52.5 Å². The van der Waals surface area contributed by atoms with Gasteiger partial charge in [0.2, 0.25) is 10.0 Å². The molecule has 0 bridgehead atoms. The predicted molar refractivity (Wildman–Crippen MR) is 122 cm³/mol. The summed E-state index contributed by atoms with van der Waals surface area (Å²) in [7, 11) is -3.70. The average Bonchev–Trinajstić information content (AvgIpc) is 2.74. The number of rotatable bonds is 4. The zero-order valence-electron chi connectivity index (χ0n) is 18.0. The van der Waals surface area contributed by atoms with E-state index in [-0.39, 0.29) is 27.7 Å². The highest BCUT2D eigenvalue weighted by Gasteiger charge is 2.33. The Hall–Kier alpha value is -2.42. The third-order valence-corrected chi connectivity index (χ3v) is 7.87. The maximum atomic E-state index is 13.0. The van der Waals surface area contributed by atoms with E-state index in [9.17, 15) is 18.0 Å². The Morgan fingerprint density at radius 2 is 1.81 bits per heavy atom. The lowest BCUT2D eigenvalue weighted by Crippen LogP contribution is -2.36. The van der Waals surface area contributed by atoms with Gasteiger partial charge in [0, 0.05) is 18.8 Å². The number of carbonyl (C=O) groups is 2. The van der Waals surface area contributed by atoms with E-state index >= 15 is 0 Å². The minimum absolute atomic E-state index is 0.0326. The number of nitrogens with zero attached hydrogens (tertiary/aromatic N) is 1. The molecule has 1 amide bonds. The number of benzene rings is 2. The first-order chi connectivity index (χ1) is 15.1. The summed E-state index contributed by atoms with van der Waals surface area (Å²) >= 11 is 6.22. The van der Waals surface area contributed by atoms with Crippen LogP contribution < -0.4 is 10.1 Å². The molecule has 0 aliphatic carbocycles. The Labute approximate surface area is 192 Å². The van der Waals surface area contributed by atoms with Crippen LogP contribution >= 0.6 is 11.6 Å². The molecule has 2 aromatic carbocycles. The standard InChI is InChI=1S/C23H25ClN2O5S/c1-23(2)14-20(27)18-12-15(6-9-21(18)31-23)25-22(28)17-13-16(7-8-19(17)24)32(29,30)26-10-4-3-5-11-26/h6-9,12-13H,3-5,10-11,14H2,1-2H3,(H,25,28). The number of ether oxygens (including phenoxy) is 1. The van der Waals surface area contributed by atoms with Crippen LogP contribution in [0, 0.1) is 0 Å². The molecular formula is C23H25ClN2O5S. The van der Waals surface area contributed by atoms with E-state index in [0.29, 0.717) is 30.1 Å². The molecule has 2 aromatic rings. The normalized spacial score (nSPS) is 18.5. The van der Waals surface area contributed by atoms with Gasteiger partial charge in [0.1, 0.15) is 11.4 Å². The van der Waals surface area contributed by atoms with Crippen LogP contribution in [0.1, 0.15) is 60.2 Å². The number of anilines is 1. The topological polar surface area (TPSA) is 92.8 Å². The fourth-order valence-corrected chi connectivity index (χ4v) is 5.77. The number of carbonyl (C=O) groups excluding carboxylic acids is 2. The number of nitrogens with one attached hydrogen (secondary N) is 1. The number of Topliss-reactive ketones (excluding diaryl/α,β-unsaturated/α-hetero) is 1. The number of ketones is 1. The summed E-state index contributed by atoms with van der Waals surface area (Å²) in [6.07, 6.45) is 2.88. The highest BCUT2D eigenvalue weighted by atomic mass is 35.5. The Kier molecular flexibility index (Phi) is 6.04. The molecule has 1 fully saturated rings. The summed E-state index contributed by atoms with van der Waals surface area (Å²) in [6, 6.07) is 8.97. The van der Waals surface area contributed by atoms with Gasteiger partial charge < -0.3 is 10.1 Å². The van der Waals surface area contributed by atoms with Crippen LogP contribution in [0.4, 0.5) is 5.69 Å². The molecule has 1 N–H and O–H groups in total. The molecule has 9 heteroatoms. The second-order valence-electron chi connectivity index (χ2n) is 8.73. The molecule has 32 heavy (non-hydrogen) atoms. The first-order valence-corrected chi connectivity index (χ1v) is 12.4. The molecule has 0 atom stereocenters. The molecule has 2 heterocycles. The minimum atomic E-state index is -3.70. The van der Waals surface area contributed by atoms with E-state index in [1.807, 2.05) is 13.8 Å². The third kappa shape index (κ3) is 4.53. The average molecular weight is 477 g/mol. The van der Waals surface area contributed by atoms with Crippen LogP contribution in [0.25, 0.3) is 0 Å². The van der Waals surface area contributed by atoms with Gasteiger partial charge in [0.05, 0.1) is 27.5 Å². The van der Waals surface area contributed by atoms with E-state index in [0.717, 1.165) is 19.3 Å². The van der Waals surface area contributed by atoms with Crippen LogP contribution in [-0.4, -0.2) is 43.1 Å². The molecule has 1 saturated heterocycles. The minimum Gasteiger partial charge on any atom is -0.487 e. The lowest BCUT2D eigenvalue weighted by atomic mass is 9.93. The number of amides is 1. The second kappa shape index (κ2) is 8.50. The lowest BCUT2D eigenvalue weighted by molar-refractivity contribution is 0.0620. The third-order valence-electron chi connectivity index (χ3n) is 5.65. The van der Waals surface area contributed by atoms with E-state index in [1.165, 1.54) is 22.5 Å². The maximum Gasteiger partial charge on any atom is 0.257 e. The number of sulfonamides is 1. The van der Waals surface area contributed by atoms with Gasteiger partial charge in [-0.05, 0) is 63.1 Å². The molecule has 170 valence electrons. The van der Waals surface area contributed by atoms with Gasteiger partial charge in [0.15, 0.2) is 5.78 Å². The summed E-state index contributed by atoms with van der Waals surface area (Å²) in [5.41, 5.74) is 0.259. The summed E-state index contributed by atoms with van der Waals surface area (Å²) in [5, 5.41) is 2.85. The van der Waals surface area contributed by atoms with Gasteiger partial charge in [-0.1, -0.05) is 18.0 Å². The monoisotopic (exact) mass is 476 g/mol. The summed E-state index contributed by atoms with van der Waals surface area (Å²) in [5.74, 6) is -0.160. The fourth-order valence-electron chi connectivity index (χ4n) is 4.02. The number of hydrogen-bond acceptors (Lipinski definition) is 5. The van der Waals surface area contributed by atoms with Crippen molar-refractivity contribution in [2.75, 3.05) is 18.4 Å². The SMILES string of the molecule is CC1(C)CC(=O)c2cc(NC(=O)c3cc(S(=O)(=O)N4CCCCC4)ccc3Cl)ccc2O1. The molecule has 0 saturated carbocycles. The van der Waals surface area contributed by atoms with Crippen molar-refractivity contribution in [1.29, 1.82) is 0 Å². The molecule has 0 spiro atoms. The molecule has 2 aliphatic heterocycles. The van der Waals surface area contributed by atoms with Crippen molar-refractivity contribution < 1.29 is 22.7 Å². The van der Waals surface area contributed by atoms with Crippen LogP contribution in [0.2, 0.25) is 5.02 Å². The Balaban J connectivity index is 1.59. The van der Waals surface area contributed by atoms with Gasteiger partial charge in [0.25, 0.3) is 5.91 Å². The molecule has 0 unspecified atom stereocenters. The zero-order chi connectivity index (χ0) is 23.1. The largest absolute Gasteiger partial charge is 0.487 e. The first kappa shape index (κ1) is 22.8. The summed E-state index contributed by atoms with van der Waals surface area (Å²) in [4.78, 5) is 25.4. The van der Waals surface area contributed by atoms with Crippen molar-refractivity contribution >= 4 is 39.0 Å². The van der Waals surface area contributed by atoms with E-state index in [2.05, 4.69) is 5.32 Å². The molecule has 2 aliphatic rings. The van der Waals surface area contributed by atoms with Crippen molar-refractivity contribution in [1.82, 2.24) is 4.31 Å². The number of piperidine rings is 1. The Morgan fingerprint density at radius 3 is 2.53 bits per heavy atom. The quantitative estimate of drug-likeness (QED) is 0.700. The molecule has 0 aromatic heterocycles. The predicted octanol–water partition coefficient (Wildman–Crippen LogP) is 4.51. The highest BCUT2D eigenvalue weighted by molar-refractivity contribution is 7.89. The lowest BCUT2D eigenvalue weighted by Gasteiger charge is -2.31. The van der Waals surface area contributed by atoms with Crippen LogP contribution in [0.15, 0.2) is 41.3 Å². The molecule has 7 nitrogen and oxygen atoms in total. The number of halogens is 1. The van der Waals surface area contributed by atoms with E-state index in [1.54, 1.807) is 18.2 Å². The first-order valence-electron chi connectivity index (χ1n) is 10.5. The van der Waals surface area contributed by atoms with Gasteiger partial charge in [-0.2, -0.15) is 4.31 Å². The molecule has 0 radical (unpaired) electrons. The Bertz CT molecular complexity index is 1190. The molecular weight excluding hydrogens is 452 g/mol. The van der Waals surface area contributed by atoms with Crippen molar-refractivity contribution in [3.63, 3.8) is 0 Å².